The summed E-state index contributed by atoms with van der Waals surface area (Å²) in [5.74, 6) is 0.913. The van der Waals surface area contributed by atoms with Crippen molar-refractivity contribution in [3.05, 3.63) is 0 Å². The second kappa shape index (κ2) is 3.66. The van der Waals surface area contributed by atoms with Gasteiger partial charge < -0.3 is 12.4 Å². The third kappa shape index (κ3) is 1.45. The number of carbonyl (C=O) groups excluding carboxylic acids is 1. The predicted octanol–water partition coefficient (Wildman–Crippen LogP) is -3.03. The van der Waals surface area contributed by atoms with Crippen molar-refractivity contribution in [3.63, 3.8) is 0 Å². The molecular weight excluding hydrogens is 196 g/mol. The average Bonchev–Trinajstić information content (AvgIpc) is 2.35. The van der Waals surface area contributed by atoms with Gasteiger partial charge in [0.2, 0.25) is 0 Å². The van der Waals surface area contributed by atoms with Crippen molar-refractivity contribution in [2.24, 2.45) is 0 Å². The maximum Gasteiger partial charge on any atom is 0.320 e. The fraction of sp³-hybridized carbons (Fsp3) is 0.714. The van der Waals surface area contributed by atoms with Gasteiger partial charge in [0.25, 0.3) is 0 Å². The highest BCUT2D eigenvalue weighted by molar-refractivity contribution is 8.14. The van der Waals surface area contributed by atoms with Crippen molar-refractivity contribution < 1.29 is 21.8 Å². The van der Waals surface area contributed by atoms with E-state index in [-0.39, 0.29) is 18.3 Å². The molecular formula is C7H11ClN2OS. The maximum absolute atomic E-state index is 11.2. The number of carbonyl (C=O) groups is 1. The van der Waals surface area contributed by atoms with Crippen molar-refractivity contribution >= 4 is 22.8 Å². The van der Waals surface area contributed by atoms with Gasteiger partial charge in [-0.3, -0.25) is 4.58 Å². The summed E-state index contributed by atoms with van der Waals surface area (Å²) < 4.78 is 2.17. The SMILES string of the molecule is C[N+]1=C2SCC(=O)N2CCC1.[Cl-]. The summed E-state index contributed by atoms with van der Waals surface area (Å²) in [6.45, 7) is 2.01. The zero-order valence-corrected chi connectivity index (χ0v) is 8.49. The monoisotopic (exact) mass is 206 g/mol. The number of thioether (sulfide) groups is 1. The minimum Gasteiger partial charge on any atom is -1.00 e. The van der Waals surface area contributed by atoms with E-state index in [0.29, 0.717) is 5.75 Å². The Morgan fingerprint density at radius 1 is 1.58 bits per heavy atom. The lowest BCUT2D eigenvalue weighted by Gasteiger charge is -2.16. The highest BCUT2D eigenvalue weighted by Gasteiger charge is 2.38. The molecule has 0 radical (unpaired) electrons. The number of rotatable bonds is 0. The quantitative estimate of drug-likeness (QED) is 0.394. The van der Waals surface area contributed by atoms with E-state index in [1.165, 1.54) is 0 Å². The van der Waals surface area contributed by atoms with Crippen LogP contribution >= 0.6 is 11.8 Å². The number of hydrogen-bond donors (Lipinski definition) is 0. The van der Waals surface area contributed by atoms with Crippen molar-refractivity contribution in [2.75, 3.05) is 25.9 Å². The normalized spacial score (nSPS) is 22.4. The van der Waals surface area contributed by atoms with E-state index in [1.807, 2.05) is 11.9 Å². The van der Waals surface area contributed by atoms with E-state index in [1.54, 1.807) is 11.8 Å². The fourth-order valence-corrected chi connectivity index (χ4v) is 2.56. The highest BCUT2D eigenvalue weighted by Crippen LogP contribution is 2.21. The van der Waals surface area contributed by atoms with Crippen LogP contribution in [0.15, 0.2) is 0 Å². The van der Waals surface area contributed by atoms with Crippen LogP contribution in [0.5, 0.6) is 0 Å². The zero-order valence-electron chi connectivity index (χ0n) is 6.92. The molecule has 0 bridgehead atoms. The van der Waals surface area contributed by atoms with Crippen molar-refractivity contribution in [3.8, 4) is 0 Å². The second-order valence-electron chi connectivity index (χ2n) is 2.89. The number of fused-ring (bicyclic) bond motifs is 1. The van der Waals surface area contributed by atoms with E-state index in [0.717, 1.165) is 24.7 Å². The lowest BCUT2D eigenvalue weighted by Crippen LogP contribution is -3.00. The number of hydrogen-bond acceptors (Lipinski definition) is 2. The third-order valence-corrected chi connectivity index (χ3v) is 3.24. The van der Waals surface area contributed by atoms with Gasteiger partial charge in [-0.2, -0.15) is 4.90 Å². The first-order valence-electron chi connectivity index (χ1n) is 3.80. The molecule has 5 heteroatoms. The molecule has 0 saturated carbocycles. The van der Waals surface area contributed by atoms with Crippen LogP contribution in [0.4, 0.5) is 0 Å². The molecule has 3 nitrogen and oxygen atoms in total. The Balaban J connectivity index is 0.000000720. The smallest absolute Gasteiger partial charge is 0.320 e. The van der Waals surface area contributed by atoms with Gasteiger partial charge in [0, 0.05) is 6.42 Å². The summed E-state index contributed by atoms with van der Waals surface area (Å²) in [6, 6.07) is 0. The summed E-state index contributed by atoms with van der Waals surface area (Å²) >= 11 is 1.66. The summed E-state index contributed by atoms with van der Waals surface area (Å²) in [4.78, 5) is 13.1. The van der Waals surface area contributed by atoms with Crippen LogP contribution in [0.2, 0.25) is 0 Å². The first-order chi connectivity index (χ1) is 5.29. The molecule has 0 spiro atoms. The molecule has 2 aliphatic heterocycles. The zero-order chi connectivity index (χ0) is 7.84. The Morgan fingerprint density at radius 2 is 2.33 bits per heavy atom. The summed E-state index contributed by atoms with van der Waals surface area (Å²) in [6.07, 6.45) is 1.10. The van der Waals surface area contributed by atoms with Gasteiger partial charge >= 0.3 is 11.1 Å². The van der Waals surface area contributed by atoms with Crippen molar-refractivity contribution in [1.29, 1.82) is 0 Å². The molecule has 0 aromatic rings. The number of nitrogens with zero attached hydrogens (tertiary/aromatic N) is 2. The fourth-order valence-electron chi connectivity index (χ4n) is 1.49. The van der Waals surface area contributed by atoms with Gasteiger partial charge in [-0.25, -0.2) is 4.79 Å². The summed E-state index contributed by atoms with van der Waals surface area (Å²) in [7, 11) is 2.05. The van der Waals surface area contributed by atoms with Crippen LogP contribution in [0, 0.1) is 0 Å². The molecule has 0 unspecified atom stereocenters. The Bertz CT molecular complexity index is 242. The number of halogens is 1. The first-order valence-corrected chi connectivity index (χ1v) is 4.79. The molecule has 0 N–H and O–H groups in total. The highest BCUT2D eigenvalue weighted by atomic mass is 35.5. The molecule has 0 aromatic carbocycles. The van der Waals surface area contributed by atoms with E-state index in [2.05, 4.69) is 4.58 Å². The van der Waals surface area contributed by atoms with Crippen LogP contribution in [0.25, 0.3) is 0 Å². The molecule has 2 aliphatic rings. The van der Waals surface area contributed by atoms with Gasteiger partial charge in [-0.15, -0.1) is 0 Å². The number of amides is 1. The van der Waals surface area contributed by atoms with Gasteiger partial charge in [-0.05, 0) is 11.8 Å². The van der Waals surface area contributed by atoms with Gasteiger partial charge in [-0.1, -0.05) is 0 Å². The lowest BCUT2D eigenvalue weighted by atomic mass is 10.3. The molecule has 0 aliphatic carbocycles. The third-order valence-electron chi connectivity index (χ3n) is 2.06. The lowest BCUT2D eigenvalue weighted by molar-refractivity contribution is -0.504. The van der Waals surface area contributed by atoms with E-state index < -0.39 is 0 Å². The van der Waals surface area contributed by atoms with Crippen LogP contribution < -0.4 is 12.4 Å². The van der Waals surface area contributed by atoms with Crippen LogP contribution in [0.3, 0.4) is 0 Å². The minimum absolute atomic E-state index is 0. The van der Waals surface area contributed by atoms with E-state index in [4.69, 9.17) is 0 Å². The summed E-state index contributed by atoms with van der Waals surface area (Å²) in [5.41, 5.74) is 0. The molecule has 2 rings (SSSR count). The van der Waals surface area contributed by atoms with E-state index in [9.17, 15) is 4.79 Å². The van der Waals surface area contributed by atoms with Crippen LogP contribution in [-0.4, -0.2) is 46.4 Å². The Morgan fingerprint density at radius 3 is 3.00 bits per heavy atom. The first kappa shape index (κ1) is 9.86. The minimum atomic E-state index is 0. The Kier molecular flexibility index (Phi) is 3.01. The predicted molar refractivity (Wildman–Crippen MR) is 44.8 cm³/mol. The molecule has 2 heterocycles. The average molecular weight is 207 g/mol. The van der Waals surface area contributed by atoms with Gasteiger partial charge in [0.05, 0.1) is 20.1 Å². The topological polar surface area (TPSA) is 23.3 Å². The summed E-state index contributed by atoms with van der Waals surface area (Å²) in [5, 5.41) is 1.15. The Hall–Kier alpha value is -0.220. The molecule has 0 aromatic heterocycles. The molecule has 12 heavy (non-hydrogen) atoms. The van der Waals surface area contributed by atoms with Crippen LogP contribution in [-0.2, 0) is 4.79 Å². The Labute approximate surface area is 82.2 Å². The largest absolute Gasteiger partial charge is 1.00 e. The molecule has 68 valence electrons. The van der Waals surface area contributed by atoms with Gasteiger partial charge in [0.1, 0.15) is 5.75 Å². The van der Waals surface area contributed by atoms with Crippen molar-refractivity contribution in [2.45, 2.75) is 6.42 Å². The molecule has 1 fully saturated rings. The molecule has 0 atom stereocenters. The van der Waals surface area contributed by atoms with E-state index >= 15 is 0 Å². The standard InChI is InChI=1S/C7H11N2OS.ClH/c1-8-3-2-4-9-6(10)5-11-7(8)9;/h2-5H2,1H3;1H/q+1;/p-1. The number of amidine groups is 1. The molecule has 1 amide bonds. The second-order valence-corrected chi connectivity index (χ2v) is 3.83. The van der Waals surface area contributed by atoms with Crippen molar-refractivity contribution in [1.82, 2.24) is 4.90 Å². The molecule has 1 saturated heterocycles. The van der Waals surface area contributed by atoms with Gasteiger partial charge in [0.15, 0.2) is 0 Å². The van der Waals surface area contributed by atoms with Crippen LogP contribution in [0.1, 0.15) is 6.42 Å². The maximum atomic E-state index is 11.2.